The van der Waals surface area contributed by atoms with Crippen LogP contribution in [0.1, 0.15) is 13.8 Å². The highest BCUT2D eigenvalue weighted by Gasteiger charge is 2.07. The Hall–Kier alpha value is -2.12. The molecule has 1 aromatic rings. The minimum atomic E-state index is -0.485. The lowest BCUT2D eigenvalue weighted by atomic mass is 10.4. The summed E-state index contributed by atoms with van der Waals surface area (Å²) in [6.45, 7) is 4.79. The predicted octanol–water partition coefficient (Wildman–Crippen LogP) is 0.104. The number of aliphatic imine (C=N–C) groups is 1. The van der Waals surface area contributed by atoms with Crippen LogP contribution in [0.4, 0.5) is 5.69 Å². The molecule has 0 aliphatic carbocycles. The number of rotatable bonds is 5. The average Bonchev–Trinajstić information content (AvgIpc) is 2.65. The largest absolute Gasteiger partial charge is 0.370 e. The first-order valence-corrected chi connectivity index (χ1v) is 5.22. The Balaban J connectivity index is 2.42. The summed E-state index contributed by atoms with van der Waals surface area (Å²) < 4.78 is 1.46. The monoisotopic (exact) mass is 240 g/mol. The van der Waals surface area contributed by atoms with Gasteiger partial charge in [-0.15, -0.1) is 0 Å². The van der Waals surface area contributed by atoms with Crippen LogP contribution in [0.2, 0.25) is 0 Å². The van der Waals surface area contributed by atoms with E-state index in [4.69, 9.17) is 5.73 Å². The SMILES string of the molecule is CC(C)NC(N)=NCCn1cc([N+](=O)[O-])cn1. The van der Waals surface area contributed by atoms with Crippen molar-refractivity contribution in [1.29, 1.82) is 0 Å². The highest BCUT2D eigenvalue weighted by Crippen LogP contribution is 2.07. The molecule has 0 spiro atoms. The molecule has 0 saturated carbocycles. The third-order valence-corrected chi connectivity index (χ3v) is 1.88. The van der Waals surface area contributed by atoms with Gasteiger partial charge in [0.2, 0.25) is 0 Å². The topological polar surface area (TPSA) is 111 Å². The molecular formula is C9H16N6O2. The fraction of sp³-hybridized carbons (Fsp3) is 0.556. The third-order valence-electron chi connectivity index (χ3n) is 1.88. The molecule has 0 saturated heterocycles. The Bertz CT molecular complexity index is 411. The van der Waals surface area contributed by atoms with E-state index >= 15 is 0 Å². The molecule has 17 heavy (non-hydrogen) atoms. The fourth-order valence-corrected chi connectivity index (χ4v) is 1.18. The highest BCUT2D eigenvalue weighted by atomic mass is 16.6. The van der Waals surface area contributed by atoms with E-state index in [0.717, 1.165) is 0 Å². The number of hydrogen-bond acceptors (Lipinski definition) is 4. The number of aromatic nitrogens is 2. The van der Waals surface area contributed by atoms with Gasteiger partial charge in [-0.1, -0.05) is 0 Å². The zero-order valence-electron chi connectivity index (χ0n) is 9.83. The van der Waals surface area contributed by atoms with Gasteiger partial charge in [-0.2, -0.15) is 5.10 Å². The number of nitrogens with two attached hydrogens (primary N) is 1. The van der Waals surface area contributed by atoms with Crippen LogP contribution in [0.3, 0.4) is 0 Å². The molecule has 0 fully saturated rings. The van der Waals surface area contributed by atoms with E-state index in [0.29, 0.717) is 19.0 Å². The maximum absolute atomic E-state index is 10.4. The van der Waals surface area contributed by atoms with Crippen molar-refractivity contribution < 1.29 is 4.92 Å². The molecule has 1 aromatic heterocycles. The molecule has 8 nitrogen and oxygen atoms in total. The predicted molar refractivity (Wildman–Crippen MR) is 63.6 cm³/mol. The van der Waals surface area contributed by atoms with Crippen molar-refractivity contribution in [2.24, 2.45) is 10.7 Å². The Morgan fingerprint density at radius 1 is 1.76 bits per heavy atom. The maximum Gasteiger partial charge on any atom is 0.306 e. The quantitative estimate of drug-likeness (QED) is 0.328. The molecule has 0 unspecified atom stereocenters. The lowest BCUT2D eigenvalue weighted by molar-refractivity contribution is -0.385. The summed E-state index contributed by atoms with van der Waals surface area (Å²) in [7, 11) is 0. The van der Waals surface area contributed by atoms with E-state index in [1.807, 2.05) is 13.8 Å². The van der Waals surface area contributed by atoms with E-state index in [2.05, 4.69) is 15.4 Å². The summed E-state index contributed by atoms with van der Waals surface area (Å²) in [5.41, 5.74) is 5.57. The maximum atomic E-state index is 10.4. The molecule has 1 heterocycles. The number of guanidine groups is 1. The van der Waals surface area contributed by atoms with Crippen LogP contribution in [0.5, 0.6) is 0 Å². The van der Waals surface area contributed by atoms with Gasteiger partial charge in [-0.05, 0) is 13.8 Å². The van der Waals surface area contributed by atoms with Crippen LogP contribution in [0.25, 0.3) is 0 Å². The van der Waals surface area contributed by atoms with Crippen molar-refractivity contribution in [2.45, 2.75) is 26.4 Å². The van der Waals surface area contributed by atoms with Gasteiger partial charge >= 0.3 is 5.69 Å². The number of nitro groups is 1. The van der Waals surface area contributed by atoms with Gasteiger partial charge in [0.15, 0.2) is 5.96 Å². The molecular weight excluding hydrogens is 224 g/mol. The Labute approximate surface area is 98.7 Å². The molecule has 1 rings (SSSR count). The molecule has 0 bridgehead atoms. The first-order valence-electron chi connectivity index (χ1n) is 5.22. The summed E-state index contributed by atoms with van der Waals surface area (Å²) in [5, 5.41) is 17.2. The molecule has 8 heteroatoms. The highest BCUT2D eigenvalue weighted by molar-refractivity contribution is 5.77. The lowest BCUT2D eigenvalue weighted by Crippen LogP contribution is -2.37. The summed E-state index contributed by atoms with van der Waals surface area (Å²) >= 11 is 0. The summed E-state index contributed by atoms with van der Waals surface area (Å²) in [6, 6.07) is 0.226. The van der Waals surface area contributed by atoms with Crippen molar-refractivity contribution in [3.05, 3.63) is 22.5 Å². The van der Waals surface area contributed by atoms with Crippen molar-refractivity contribution in [3.63, 3.8) is 0 Å². The number of nitrogens with zero attached hydrogens (tertiary/aromatic N) is 4. The summed E-state index contributed by atoms with van der Waals surface area (Å²) in [4.78, 5) is 14.0. The van der Waals surface area contributed by atoms with Gasteiger partial charge in [0, 0.05) is 6.04 Å². The van der Waals surface area contributed by atoms with E-state index in [1.165, 1.54) is 17.1 Å². The van der Waals surface area contributed by atoms with Crippen molar-refractivity contribution >= 4 is 11.6 Å². The van der Waals surface area contributed by atoms with Gasteiger partial charge in [-0.25, -0.2) is 0 Å². The lowest BCUT2D eigenvalue weighted by Gasteiger charge is -2.08. The molecule has 0 aliphatic rings. The zero-order valence-corrected chi connectivity index (χ0v) is 9.83. The second-order valence-corrected chi connectivity index (χ2v) is 3.78. The van der Waals surface area contributed by atoms with Crippen molar-refractivity contribution in [3.8, 4) is 0 Å². The minimum absolute atomic E-state index is 0.0257. The molecule has 3 N–H and O–H groups in total. The Morgan fingerprint density at radius 2 is 2.47 bits per heavy atom. The summed E-state index contributed by atoms with van der Waals surface area (Å²) in [5.74, 6) is 0.363. The van der Waals surface area contributed by atoms with Crippen LogP contribution in [-0.2, 0) is 6.54 Å². The standard InChI is InChI=1S/C9H16N6O2/c1-7(2)13-9(10)11-3-4-14-6-8(5-12-14)15(16)17/h5-7H,3-4H2,1-2H3,(H3,10,11,13). The molecule has 0 aliphatic heterocycles. The van der Waals surface area contributed by atoms with Gasteiger partial charge in [0.25, 0.3) is 0 Å². The normalized spacial score (nSPS) is 11.8. The molecule has 94 valence electrons. The van der Waals surface area contributed by atoms with Crippen LogP contribution in [0.15, 0.2) is 17.4 Å². The fourth-order valence-electron chi connectivity index (χ4n) is 1.18. The smallest absolute Gasteiger partial charge is 0.306 e. The first kappa shape index (κ1) is 12.9. The average molecular weight is 240 g/mol. The second kappa shape index (κ2) is 5.83. The van der Waals surface area contributed by atoms with Crippen LogP contribution >= 0.6 is 0 Å². The van der Waals surface area contributed by atoms with Gasteiger partial charge in [0.05, 0.1) is 18.0 Å². The molecule has 0 aromatic carbocycles. The number of nitrogens with one attached hydrogen (secondary N) is 1. The van der Waals surface area contributed by atoms with Crippen LogP contribution in [0, 0.1) is 10.1 Å². The molecule has 0 atom stereocenters. The van der Waals surface area contributed by atoms with Gasteiger partial charge in [-0.3, -0.25) is 19.8 Å². The van der Waals surface area contributed by atoms with E-state index in [-0.39, 0.29) is 11.7 Å². The second-order valence-electron chi connectivity index (χ2n) is 3.78. The summed E-state index contributed by atoms with van der Waals surface area (Å²) in [6.07, 6.45) is 2.57. The number of hydrogen-bond donors (Lipinski definition) is 2. The Morgan fingerprint density at radius 3 is 3.00 bits per heavy atom. The van der Waals surface area contributed by atoms with Crippen molar-refractivity contribution in [1.82, 2.24) is 15.1 Å². The molecule has 0 amide bonds. The van der Waals surface area contributed by atoms with Gasteiger partial charge < -0.3 is 11.1 Å². The van der Waals surface area contributed by atoms with E-state index in [1.54, 1.807) is 0 Å². The van der Waals surface area contributed by atoms with E-state index in [9.17, 15) is 10.1 Å². The van der Waals surface area contributed by atoms with E-state index < -0.39 is 4.92 Å². The minimum Gasteiger partial charge on any atom is -0.370 e. The van der Waals surface area contributed by atoms with Crippen LogP contribution < -0.4 is 11.1 Å². The van der Waals surface area contributed by atoms with Gasteiger partial charge in [0.1, 0.15) is 12.4 Å². The molecule has 0 radical (unpaired) electrons. The first-order chi connectivity index (χ1) is 7.99. The van der Waals surface area contributed by atoms with Crippen molar-refractivity contribution in [2.75, 3.05) is 6.54 Å². The Kier molecular flexibility index (Phi) is 4.44. The zero-order chi connectivity index (χ0) is 12.8. The third kappa shape index (κ3) is 4.49. The van der Waals surface area contributed by atoms with Crippen LogP contribution in [-0.4, -0.2) is 33.2 Å².